The monoisotopic (exact) mass is 426 g/mol. The van der Waals surface area contributed by atoms with Crippen molar-refractivity contribution in [1.29, 1.82) is 0 Å². The maximum absolute atomic E-state index is 12.7. The first-order valence-corrected chi connectivity index (χ1v) is 11.5. The number of ketones is 1. The van der Waals surface area contributed by atoms with E-state index in [1.807, 2.05) is 26.0 Å². The summed E-state index contributed by atoms with van der Waals surface area (Å²) in [5, 5.41) is 0. The van der Waals surface area contributed by atoms with Gasteiger partial charge in [0.15, 0.2) is 11.5 Å². The van der Waals surface area contributed by atoms with E-state index in [2.05, 4.69) is 13.8 Å². The van der Waals surface area contributed by atoms with Crippen LogP contribution in [-0.2, 0) is 11.2 Å². The second-order valence-electron chi connectivity index (χ2n) is 8.64. The maximum Gasteiger partial charge on any atom is 0.336 e. The lowest BCUT2D eigenvalue weighted by molar-refractivity contribution is -0.129. The van der Waals surface area contributed by atoms with Gasteiger partial charge in [0, 0.05) is 18.1 Å². The van der Waals surface area contributed by atoms with Crippen molar-refractivity contribution in [2.75, 3.05) is 0 Å². The summed E-state index contributed by atoms with van der Waals surface area (Å²) in [5.41, 5.74) is 2.86. The Balaban J connectivity index is 2.20. The van der Waals surface area contributed by atoms with Gasteiger partial charge in [0.05, 0.1) is 11.7 Å². The number of hydrogen-bond acceptors (Lipinski definition) is 5. The predicted octanol–water partition coefficient (Wildman–Crippen LogP) is 6.22. The highest BCUT2D eigenvalue weighted by molar-refractivity contribution is 6.04. The molecule has 3 rings (SSSR count). The zero-order valence-corrected chi connectivity index (χ0v) is 19.4. The van der Waals surface area contributed by atoms with Gasteiger partial charge >= 0.3 is 5.97 Å². The first-order valence-electron chi connectivity index (χ1n) is 11.5. The Morgan fingerprint density at radius 3 is 2.58 bits per heavy atom. The fourth-order valence-electron chi connectivity index (χ4n) is 4.09. The van der Waals surface area contributed by atoms with Crippen LogP contribution in [-0.4, -0.2) is 24.0 Å². The lowest BCUT2D eigenvalue weighted by Crippen LogP contribution is -2.21. The molecule has 0 amide bonds. The molecule has 2 aliphatic rings. The number of unbranched alkanes of at least 4 members (excludes halogenated alkanes) is 2. The third-order valence-electron chi connectivity index (χ3n) is 5.57. The van der Waals surface area contributed by atoms with E-state index >= 15 is 0 Å². The van der Waals surface area contributed by atoms with Crippen molar-refractivity contribution in [2.45, 2.75) is 91.8 Å². The zero-order chi connectivity index (χ0) is 22.5. The Kier molecular flexibility index (Phi) is 7.58. The summed E-state index contributed by atoms with van der Waals surface area (Å²) in [6.07, 6.45) is 11.9. The molecule has 1 atom stereocenters. The molecule has 1 aromatic rings. The normalized spacial score (nSPS) is 17.3. The molecule has 31 heavy (non-hydrogen) atoms. The van der Waals surface area contributed by atoms with E-state index in [1.165, 1.54) is 6.92 Å². The number of hydrogen-bond donors (Lipinski definition) is 0. The summed E-state index contributed by atoms with van der Waals surface area (Å²) in [6, 6.07) is 0. The summed E-state index contributed by atoms with van der Waals surface area (Å²) in [7, 11) is 0. The van der Waals surface area contributed by atoms with Gasteiger partial charge in [-0.1, -0.05) is 32.3 Å². The van der Waals surface area contributed by atoms with Gasteiger partial charge < -0.3 is 14.2 Å². The number of fused-ring (bicyclic) bond motifs is 3. The van der Waals surface area contributed by atoms with E-state index in [0.717, 1.165) is 55.2 Å². The van der Waals surface area contributed by atoms with Gasteiger partial charge in [-0.05, 0) is 58.6 Å². The summed E-state index contributed by atoms with van der Waals surface area (Å²) in [4.78, 5) is 25.3. The number of carbonyl (C=O) groups is 2. The Labute approximate surface area is 185 Å². The lowest BCUT2D eigenvalue weighted by Gasteiger charge is -2.29. The Morgan fingerprint density at radius 1 is 1.19 bits per heavy atom. The molecule has 2 heterocycles. The summed E-state index contributed by atoms with van der Waals surface area (Å²) in [6.45, 7) is 9.59. The quantitative estimate of drug-likeness (QED) is 0.266. The SMILES string of the molecule is CCCCC1=CC(=O)Oc2c(c3c(c(OC(C)C)c2C(C)=O)C=CC(CCCC)O3)C1. The van der Waals surface area contributed by atoms with E-state index in [0.29, 0.717) is 29.2 Å². The second kappa shape index (κ2) is 10.2. The molecule has 168 valence electrons. The highest BCUT2D eigenvalue weighted by atomic mass is 16.5. The molecule has 0 bridgehead atoms. The molecule has 5 nitrogen and oxygen atoms in total. The van der Waals surface area contributed by atoms with E-state index in [1.54, 1.807) is 6.08 Å². The standard InChI is InChI=1S/C26H34O5/c1-6-8-10-18-14-21-24-20(13-12-19(30-24)11-9-7-2)25(29-16(3)4)23(17(5)27)26(21)31-22(28)15-18/h12-13,15-16,19H,6-11,14H2,1-5H3. The van der Waals surface area contributed by atoms with Crippen LogP contribution in [0.2, 0.25) is 0 Å². The number of ether oxygens (including phenoxy) is 3. The molecule has 0 aromatic heterocycles. The minimum atomic E-state index is -0.448. The molecule has 2 aliphatic heterocycles. The summed E-state index contributed by atoms with van der Waals surface area (Å²) < 4.78 is 18.3. The van der Waals surface area contributed by atoms with Gasteiger partial charge in [0.1, 0.15) is 23.2 Å². The number of rotatable bonds is 9. The molecule has 0 saturated carbocycles. The van der Waals surface area contributed by atoms with Crippen molar-refractivity contribution >= 4 is 17.8 Å². The zero-order valence-electron chi connectivity index (χ0n) is 19.4. The molecule has 0 radical (unpaired) electrons. The molecule has 5 heteroatoms. The van der Waals surface area contributed by atoms with Crippen molar-refractivity contribution in [2.24, 2.45) is 0 Å². The van der Waals surface area contributed by atoms with Crippen molar-refractivity contribution in [3.05, 3.63) is 34.4 Å². The Bertz CT molecular complexity index is 907. The summed E-state index contributed by atoms with van der Waals surface area (Å²) in [5.74, 6) is 0.763. The van der Waals surface area contributed by atoms with Gasteiger partial charge in [-0.3, -0.25) is 4.79 Å². The lowest BCUT2D eigenvalue weighted by atomic mass is 9.91. The Hall–Kier alpha value is -2.56. The average Bonchev–Trinajstić information content (AvgIpc) is 2.88. The molecule has 0 aliphatic carbocycles. The first kappa shape index (κ1) is 23.1. The van der Waals surface area contributed by atoms with Gasteiger partial charge in [0.2, 0.25) is 0 Å². The van der Waals surface area contributed by atoms with Crippen LogP contribution >= 0.6 is 0 Å². The van der Waals surface area contributed by atoms with Crippen LogP contribution in [0.3, 0.4) is 0 Å². The Morgan fingerprint density at radius 2 is 1.94 bits per heavy atom. The first-order chi connectivity index (χ1) is 14.8. The van der Waals surface area contributed by atoms with Crippen molar-refractivity contribution < 1.29 is 23.8 Å². The number of Topliss-reactive ketones (excluding diaryl/α,β-unsaturated/α-hetero) is 1. The molecule has 1 aromatic carbocycles. The van der Waals surface area contributed by atoms with Crippen LogP contribution in [0.5, 0.6) is 17.2 Å². The molecular formula is C26H34O5. The van der Waals surface area contributed by atoms with Crippen LogP contribution in [0.25, 0.3) is 6.08 Å². The smallest absolute Gasteiger partial charge is 0.336 e. The van der Waals surface area contributed by atoms with Crippen LogP contribution in [0.15, 0.2) is 17.7 Å². The molecule has 0 saturated heterocycles. The number of esters is 1. The van der Waals surface area contributed by atoms with Gasteiger partial charge in [-0.25, -0.2) is 4.79 Å². The molecule has 0 N–H and O–H groups in total. The topological polar surface area (TPSA) is 61.8 Å². The second-order valence-corrected chi connectivity index (χ2v) is 8.64. The van der Waals surface area contributed by atoms with Gasteiger partial charge in [-0.15, -0.1) is 0 Å². The fraction of sp³-hybridized carbons (Fsp3) is 0.538. The van der Waals surface area contributed by atoms with Crippen molar-refractivity contribution in [3.8, 4) is 17.2 Å². The van der Waals surface area contributed by atoms with Crippen LogP contribution < -0.4 is 14.2 Å². The van der Waals surface area contributed by atoms with E-state index in [-0.39, 0.29) is 18.0 Å². The minimum absolute atomic E-state index is 0.0475. The van der Waals surface area contributed by atoms with E-state index in [4.69, 9.17) is 14.2 Å². The van der Waals surface area contributed by atoms with Crippen LogP contribution in [0, 0.1) is 0 Å². The van der Waals surface area contributed by atoms with E-state index < -0.39 is 5.97 Å². The average molecular weight is 427 g/mol. The van der Waals surface area contributed by atoms with Crippen molar-refractivity contribution in [1.82, 2.24) is 0 Å². The predicted molar refractivity (Wildman–Crippen MR) is 122 cm³/mol. The van der Waals surface area contributed by atoms with Crippen molar-refractivity contribution in [3.63, 3.8) is 0 Å². The van der Waals surface area contributed by atoms with Gasteiger partial charge in [0.25, 0.3) is 0 Å². The maximum atomic E-state index is 12.7. The molecule has 0 spiro atoms. The molecular weight excluding hydrogens is 392 g/mol. The summed E-state index contributed by atoms with van der Waals surface area (Å²) >= 11 is 0. The van der Waals surface area contributed by atoms with E-state index in [9.17, 15) is 9.59 Å². The third kappa shape index (κ3) is 5.20. The van der Waals surface area contributed by atoms with Gasteiger partial charge in [-0.2, -0.15) is 0 Å². The third-order valence-corrected chi connectivity index (χ3v) is 5.57. The fourth-order valence-corrected chi connectivity index (χ4v) is 4.09. The minimum Gasteiger partial charge on any atom is -0.489 e. The molecule has 0 fully saturated rings. The van der Waals surface area contributed by atoms with Crippen LogP contribution in [0.4, 0.5) is 0 Å². The highest BCUT2D eigenvalue weighted by Crippen LogP contribution is 2.49. The molecule has 1 unspecified atom stereocenters. The highest BCUT2D eigenvalue weighted by Gasteiger charge is 2.34. The largest absolute Gasteiger partial charge is 0.489 e. The number of carbonyl (C=O) groups excluding carboxylic acids is 2. The van der Waals surface area contributed by atoms with Crippen LogP contribution in [0.1, 0.15) is 94.6 Å². The number of benzene rings is 1. The number of allylic oxidation sites excluding steroid dienone is 1.